The molecule has 0 saturated carbocycles. The molecule has 0 aliphatic carbocycles. The number of nitrogens with one attached hydrogen (secondary N) is 2. The standard InChI is InChI=1S/C13H21F3N4O/c1-4-17-11-10(9(2)3)12(20-8-19-11)18-5-6-21-7-13(14,15)16/h8-9H,4-7H2,1-3H3,(H2,17,18,19,20). The molecule has 120 valence electrons. The first-order valence-corrected chi connectivity index (χ1v) is 6.82. The maximum atomic E-state index is 11.9. The lowest BCUT2D eigenvalue weighted by Crippen LogP contribution is -2.21. The zero-order valence-electron chi connectivity index (χ0n) is 12.4. The molecule has 0 fully saturated rings. The first-order valence-electron chi connectivity index (χ1n) is 6.82. The zero-order valence-corrected chi connectivity index (χ0v) is 12.4. The molecule has 5 nitrogen and oxygen atoms in total. The van der Waals surface area contributed by atoms with Crippen molar-refractivity contribution in [3.8, 4) is 0 Å². The second-order valence-electron chi connectivity index (χ2n) is 4.76. The molecule has 1 aromatic heterocycles. The van der Waals surface area contributed by atoms with Gasteiger partial charge in [-0.2, -0.15) is 13.2 Å². The van der Waals surface area contributed by atoms with E-state index < -0.39 is 12.8 Å². The summed E-state index contributed by atoms with van der Waals surface area (Å²) in [5.74, 6) is 1.53. The highest BCUT2D eigenvalue weighted by Crippen LogP contribution is 2.28. The number of rotatable bonds is 8. The van der Waals surface area contributed by atoms with E-state index in [1.54, 1.807) is 0 Å². The third-order valence-corrected chi connectivity index (χ3v) is 2.61. The molecule has 0 atom stereocenters. The molecule has 8 heteroatoms. The Kier molecular flexibility index (Phi) is 6.67. The van der Waals surface area contributed by atoms with Gasteiger partial charge in [-0.1, -0.05) is 13.8 Å². The second-order valence-corrected chi connectivity index (χ2v) is 4.76. The van der Waals surface area contributed by atoms with Crippen molar-refractivity contribution in [1.82, 2.24) is 9.97 Å². The van der Waals surface area contributed by atoms with Crippen molar-refractivity contribution >= 4 is 11.6 Å². The summed E-state index contributed by atoms with van der Waals surface area (Å²) in [6.45, 7) is 5.67. The molecule has 0 radical (unpaired) electrons. The van der Waals surface area contributed by atoms with Crippen LogP contribution in [0.25, 0.3) is 0 Å². The van der Waals surface area contributed by atoms with E-state index in [2.05, 4.69) is 25.3 Å². The lowest BCUT2D eigenvalue weighted by Gasteiger charge is -2.17. The van der Waals surface area contributed by atoms with Crippen molar-refractivity contribution in [2.45, 2.75) is 32.9 Å². The molecule has 0 aliphatic rings. The predicted molar refractivity (Wildman–Crippen MR) is 75.6 cm³/mol. The van der Waals surface area contributed by atoms with Gasteiger partial charge in [-0.25, -0.2) is 9.97 Å². The van der Waals surface area contributed by atoms with Gasteiger partial charge in [0.05, 0.1) is 6.61 Å². The summed E-state index contributed by atoms with van der Waals surface area (Å²) in [4.78, 5) is 8.33. The fourth-order valence-corrected chi connectivity index (χ4v) is 1.82. The molecule has 1 heterocycles. The zero-order chi connectivity index (χ0) is 15.9. The Morgan fingerprint density at radius 1 is 1.19 bits per heavy atom. The normalized spacial score (nSPS) is 11.8. The van der Waals surface area contributed by atoms with E-state index in [0.717, 1.165) is 17.9 Å². The molecule has 0 saturated heterocycles. The number of hydrogen-bond acceptors (Lipinski definition) is 5. The van der Waals surface area contributed by atoms with E-state index in [9.17, 15) is 13.2 Å². The number of anilines is 2. The van der Waals surface area contributed by atoms with E-state index in [-0.39, 0.29) is 19.1 Å². The molecule has 0 bridgehead atoms. The molecule has 0 aromatic carbocycles. The van der Waals surface area contributed by atoms with E-state index in [1.165, 1.54) is 6.33 Å². The third-order valence-electron chi connectivity index (χ3n) is 2.61. The number of halogens is 3. The van der Waals surface area contributed by atoms with Gasteiger partial charge in [0.15, 0.2) is 0 Å². The van der Waals surface area contributed by atoms with Crippen LogP contribution in [-0.4, -0.2) is 42.4 Å². The molecule has 21 heavy (non-hydrogen) atoms. The predicted octanol–water partition coefficient (Wildman–Crippen LogP) is 3.02. The third kappa shape index (κ3) is 6.16. The number of nitrogens with zero attached hydrogens (tertiary/aromatic N) is 2. The highest BCUT2D eigenvalue weighted by Gasteiger charge is 2.27. The minimum absolute atomic E-state index is 0.0441. The Labute approximate surface area is 122 Å². The second kappa shape index (κ2) is 8.02. The van der Waals surface area contributed by atoms with Crippen molar-refractivity contribution in [3.63, 3.8) is 0 Å². The van der Waals surface area contributed by atoms with Crippen LogP contribution in [0.4, 0.5) is 24.8 Å². The fourth-order valence-electron chi connectivity index (χ4n) is 1.82. The summed E-state index contributed by atoms with van der Waals surface area (Å²) in [5, 5.41) is 6.14. The smallest absolute Gasteiger partial charge is 0.370 e. The number of aromatic nitrogens is 2. The highest BCUT2D eigenvalue weighted by atomic mass is 19.4. The minimum atomic E-state index is -4.30. The van der Waals surface area contributed by atoms with Crippen LogP contribution in [0, 0.1) is 0 Å². The quantitative estimate of drug-likeness (QED) is 0.723. The topological polar surface area (TPSA) is 59.1 Å². The maximum absolute atomic E-state index is 11.9. The van der Waals surface area contributed by atoms with Gasteiger partial charge in [0.1, 0.15) is 24.6 Å². The van der Waals surface area contributed by atoms with E-state index >= 15 is 0 Å². The van der Waals surface area contributed by atoms with Crippen molar-refractivity contribution in [3.05, 3.63) is 11.9 Å². The average Bonchev–Trinajstić information content (AvgIpc) is 2.37. The number of alkyl halides is 3. The summed E-state index contributed by atoms with van der Waals surface area (Å²) >= 11 is 0. The maximum Gasteiger partial charge on any atom is 0.411 e. The summed E-state index contributed by atoms with van der Waals surface area (Å²) in [5.41, 5.74) is 0.912. The summed E-state index contributed by atoms with van der Waals surface area (Å²) in [6.07, 6.45) is -2.88. The van der Waals surface area contributed by atoms with Gasteiger partial charge >= 0.3 is 6.18 Å². The number of hydrogen-bond donors (Lipinski definition) is 2. The van der Waals surface area contributed by atoms with Gasteiger partial charge in [0.2, 0.25) is 0 Å². The first kappa shape index (κ1) is 17.5. The van der Waals surface area contributed by atoms with Crippen LogP contribution in [0.5, 0.6) is 0 Å². The summed E-state index contributed by atoms with van der Waals surface area (Å²) in [7, 11) is 0. The van der Waals surface area contributed by atoms with Crippen LogP contribution in [0.1, 0.15) is 32.3 Å². The fraction of sp³-hybridized carbons (Fsp3) is 0.692. The molecular formula is C13H21F3N4O. The van der Waals surface area contributed by atoms with Gasteiger partial charge in [-0.15, -0.1) is 0 Å². The van der Waals surface area contributed by atoms with Crippen molar-refractivity contribution in [2.24, 2.45) is 0 Å². The van der Waals surface area contributed by atoms with Crippen molar-refractivity contribution in [1.29, 1.82) is 0 Å². The minimum Gasteiger partial charge on any atom is -0.370 e. The molecule has 1 rings (SSSR count). The first-order chi connectivity index (χ1) is 9.85. The molecule has 0 spiro atoms. The Balaban J connectivity index is 2.60. The van der Waals surface area contributed by atoms with E-state index in [0.29, 0.717) is 5.82 Å². The van der Waals surface area contributed by atoms with Gasteiger partial charge < -0.3 is 15.4 Å². The average molecular weight is 306 g/mol. The Morgan fingerprint density at radius 2 is 1.81 bits per heavy atom. The Morgan fingerprint density at radius 3 is 2.33 bits per heavy atom. The van der Waals surface area contributed by atoms with E-state index in [1.807, 2.05) is 20.8 Å². The highest BCUT2D eigenvalue weighted by molar-refractivity contribution is 5.58. The molecule has 0 amide bonds. The van der Waals surface area contributed by atoms with Crippen LogP contribution in [0.2, 0.25) is 0 Å². The monoisotopic (exact) mass is 306 g/mol. The number of ether oxygens (including phenoxy) is 1. The van der Waals surface area contributed by atoms with Gasteiger partial charge in [-0.05, 0) is 12.8 Å². The van der Waals surface area contributed by atoms with Gasteiger partial charge in [-0.3, -0.25) is 0 Å². The molecular weight excluding hydrogens is 285 g/mol. The van der Waals surface area contributed by atoms with Crippen molar-refractivity contribution in [2.75, 3.05) is 36.9 Å². The SMILES string of the molecule is CCNc1ncnc(NCCOCC(F)(F)F)c1C(C)C. The van der Waals surface area contributed by atoms with Gasteiger partial charge in [0.25, 0.3) is 0 Å². The molecule has 0 unspecified atom stereocenters. The van der Waals surface area contributed by atoms with Gasteiger partial charge in [0, 0.05) is 18.7 Å². The van der Waals surface area contributed by atoms with E-state index in [4.69, 9.17) is 0 Å². The Bertz CT molecular complexity index is 438. The summed E-state index contributed by atoms with van der Waals surface area (Å²) < 4.78 is 40.4. The lowest BCUT2D eigenvalue weighted by atomic mass is 10.0. The van der Waals surface area contributed by atoms with Crippen LogP contribution >= 0.6 is 0 Å². The van der Waals surface area contributed by atoms with Crippen LogP contribution < -0.4 is 10.6 Å². The molecule has 1 aromatic rings. The van der Waals surface area contributed by atoms with Crippen LogP contribution in [-0.2, 0) is 4.74 Å². The van der Waals surface area contributed by atoms with Crippen molar-refractivity contribution < 1.29 is 17.9 Å². The van der Waals surface area contributed by atoms with Crippen LogP contribution in [0.15, 0.2) is 6.33 Å². The lowest BCUT2D eigenvalue weighted by molar-refractivity contribution is -0.172. The molecule has 0 aliphatic heterocycles. The summed E-state index contributed by atoms with van der Waals surface area (Å²) in [6, 6.07) is 0. The Hall–Kier alpha value is -1.57. The van der Waals surface area contributed by atoms with Crippen LogP contribution in [0.3, 0.4) is 0 Å². The molecule has 2 N–H and O–H groups in total. The largest absolute Gasteiger partial charge is 0.411 e.